The van der Waals surface area contributed by atoms with E-state index in [0.29, 0.717) is 40.7 Å². The molecule has 0 saturated heterocycles. The zero-order valence-electron chi connectivity index (χ0n) is 9.98. The second kappa shape index (κ2) is 4.40. The predicted molar refractivity (Wildman–Crippen MR) is 70.4 cm³/mol. The summed E-state index contributed by atoms with van der Waals surface area (Å²) in [7, 11) is 0. The van der Waals surface area contributed by atoms with Gasteiger partial charge in [-0.15, -0.1) is 0 Å². The second-order valence-corrected chi connectivity index (χ2v) is 4.25. The van der Waals surface area contributed by atoms with E-state index < -0.39 is 0 Å². The molecule has 0 spiro atoms. The Morgan fingerprint density at radius 3 is 2.89 bits per heavy atom. The van der Waals surface area contributed by atoms with Gasteiger partial charge in [0.25, 0.3) is 5.56 Å². The molecular formula is C13H11FN4O. The molecule has 0 bridgehead atoms. The maximum atomic E-state index is 13.2. The van der Waals surface area contributed by atoms with E-state index in [1.54, 1.807) is 12.1 Å². The van der Waals surface area contributed by atoms with E-state index in [1.165, 1.54) is 12.1 Å². The van der Waals surface area contributed by atoms with Crippen LogP contribution in [-0.2, 0) is 6.42 Å². The molecule has 19 heavy (non-hydrogen) atoms. The Balaban J connectivity index is 2.35. The lowest BCUT2D eigenvalue weighted by Gasteiger charge is -2.03. The van der Waals surface area contributed by atoms with E-state index in [-0.39, 0.29) is 11.4 Å². The molecule has 0 saturated carbocycles. The van der Waals surface area contributed by atoms with E-state index in [2.05, 4.69) is 15.0 Å². The summed E-state index contributed by atoms with van der Waals surface area (Å²) < 4.78 is 13.2. The molecule has 0 radical (unpaired) electrons. The van der Waals surface area contributed by atoms with Gasteiger partial charge in [-0.3, -0.25) is 4.79 Å². The minimum absolute atomic E-state index is 0.257. The first-order valence-electron chi connectivity index (χ1n) is 5.86. The van der Waals surface area contributed by atoms with Gasteiger partial charge in [-0.25, -0.2) is 14.4 Å². The quantitative estimate of drug-likeness (QED) is 0.674. The minimum atomic E-state index is -0.369. The fourth-order valence-electron chi connectivity index (χ4n) is 1.99. The molecule has 6 heteroatoms. The molecular weight excluding hydrogens is 247 g/mol. The Kier molecular flexibility index (Phi) is 2.72. The van der Waals surface area contributed by atoms with Crippen molar-refractivity contribution in [3.05, 3.63) is 46.3 Å². The van der Waals surface area contributed by atoms with Crippen molar-refractivity contribution in [3.8, 4) is 0 Å². The Labute approximate surface area is 107 Å². The van der Waals surface area contributed by atoms with Crippen molar-refractivity contribution < 1.29 is 4.39 Å². The van der Waals surface area contributed by atoms with Crippen LogP contribution in [0.25, 0.3) is 21.9 Å². The Bertz CT molecular complexity index is 828. The number of rotatable bonds is 2. The van der Waals surface area contributed by atoms with Crippen molar-refractivity contribution in [2.75, 3.05) is 6.54 Å². The zero-order valence-corrected chi connectivity index (χ0v) is 9.98. The van der Waals surface area contributed by atoms with Crippen molar-refractivity contribution in [3.63, 3.8) is 0 Å². The highest BCUT2D eigenvalue weighted by Gasteiger charge is 2.07. The fraction of sp³-hybridized carbons (Fsp3) is 0.154. The maximum absolute atomic E-state index is 13.2. The number of nitrogens with two attached hydrogens (primary N) is 1. The molecule has 0 aliphatic rings. The first kappa shape index (κ1) is 11.7. The maximum Gasteiger partial charge on any atom is 0.260 e. The van der Waals surface area contributed by atoms with Crippen LogP contribution in [0.15, 0.2) is 29.1 Å². The molecule has 3 N–H and O–H groups in total. The Morgan fingerprint density at radius 1 is 1.26 bits per heavy atom. The topological polar surface area (TPSA) is 84.7 Å². The first-order chi connectivity index (χ1) is 9.17. The van der Waals surface area contributed by atoms with E-state index in [9.17, 15) is 9.18 Å². The SMILES string of the molecule is NCCc1nc2nc3cc(F)ccc3cc2c(=O)[nH]1. The van der Waals surface area contributed by atoms with Crippen molar-refractivity contribution in [1.29, 1.82) is 0 Å². The van der Waals surface area contributed by atoms with Gasteiger partial charge in [-0.1, -0.05) is 0 Å². The van der Waals surface area contributed by atoms with Gasteiger partial charge in [0.05, 0.1) is 10.9 Å². The van der Waals surface area contributed by atoms with E-state index in [1.807, 2.05) is 0 Å². The van der Waals surface area contributed by atoms with Gasteiger partial charge in [0, 0.05) is 17.9 Å². The molecule has 0 unspecified atom stereocenters. The van der Waals surface area contributed by atoms with Gasteiger partial charge in [-0.2, -0.15) is 0 Å². The van der Waals surface area contributed by atoms with Gasteiger partial charge < -0.3 is 10.7 Å². The Hall–Kier alpha value is -2.34. The molecule has 0 amide bonds. The van der Waals surface area contributed by atoms with Crippen LogP contribution in [0.5, 0.6) is 0 Å². The number of halogens is 1. The molecule has 1 aromatic carbocycles. The Morgan fingerprint density at radius 2 is 2.11 bits per heavy atom. The smallest absolute Gasteiger partial charge is 0.260 e. The van der Waals surface area contributed by atoms with Crippen LogP contribution in [-0.4, -0.2) is 21.5 Å². The second-order valence-electron chi connectivity index (χ2n) is 4.25. The average molecular weight is 258 g/mol. The van der Waals surface area contributed by atoms with Crippen LogP contribution < -0.4 is 11.3 Å². The van der Waals surface area contributed by atoms with Crippen molar-refractivity contribution in [2.45, 2.75) is 6.42 Å². The lowest BCUT2D eigenvalue weighted by molar-refractivity contribution is 0.629. The summed E-state index contributed by atoms with van der Waals surface area (Å²) in [5.41, 5.74) is 5.96. The third kappa shape index (κ3) is 2.06. The number of nitrogens with one attached hydrogen (secondary N) is 1. The zero-order chi connectivity index (χ0) is 13.4. The third-order valence-corrected chi connectivity index (χ3v) is 2.88. The lowest BCUT2D eigenvalue weighted by atomic mass is 10.2. The van der Waals surface area contributed by atoms with E-state index in [0.717, 1.165) is 0 Å². The standard InChI is InChI=1S/C13H11FN4O/c14-8-2-1-7-5-9-12(16-10(7)6-8)17-11(3-4-15)18-13(9)19/h1-2,5-6H,3-4,15H2,(H,16,17,18,19). The lowest BCUT2D eigenvalue weighted by Crippen LogP contribution is -2.15. The summed E-state index contributed by atoms with van der Waals surface area (Å²) in [6, 6.07) is 5.90. The fourth-order valence-corrected chi connectivity index (χ4v) is 1.99. The van der Waals surface area contributed by atoms with Crippen molar-refractivity contribution >= 4 is 21.9 Å². The van der Waals surface area contributed by atoms with Crippen LogP contribution in [0.2, 0.25) is 0 Å². The number of aromatic nitrogens is 3. The van der Waals surface area contributed by atoms with Crippen LogP contribution in [0, 0.1) is 5.82 Å². The highest BCUT2D eigenvalue weighted by molar-refractivity contribution is 5.90. The van der Waals surface area contributed by atoms with Gasteiger partial charge in [0.2, 0.25) is 0 Å². The third-order valence-electron chi connectivity index (χ3n) is 2.88. The molecule has 0 aliphatic heterocycles. The number of hydrogen-bond donors (Lipinski definition) is 2. The van der Waals surface area contributed by atoms with Crippen LogP contribution in [0.4, 0.5) is 4.39 Å². The summed E-state index contributed by atoms with van der Waals surface area (Å²) in [5.74, 6) is 0.120. The van der Waals surface area contributed by atoms with Crippen LogP contribution >= 0.6 is 0 Å². The number of H-pyrrole nitrogens is 1. The highest BCUT2D eigenvalue weighted by atomic mass is 19.1. The summed E-state index contributed by atoms with van der Waals surface area (Å²) in [6.07, 6.45) is 0.466. The van der Waals surface area contributed by atoms with E-state index in [4.69, 9.17) is 5.73 Å². The summed E-state index contributed by atoms with van der Waals surface area (Å²) >= 11 is 0. The normalized spacial score (nSPS) is 11.3. The molecule has 96 valence electrons. The first-order valence-corrected chi connectivity index (χ1v) is 5.86. The predicted octanol–water partition coefficient (Wildman–Crippen LogP) is 1.11. The van der Waals surface area contributed by atoms with Crippen molar-refractivity contribution in [1.82, 2.24) is 15.0 Å². The van der Waals surface area contributed by atoms with Gasteiger partial charge >= 0.3 is 0 Å². The molecule has 3 aromatic rings. The molecule has 3 rings (SSSR count). The van der Waals surface area contributed by atoms with Crippen LogP contribution in [0.1, 0.15) is 5.82 Å². The summed E-state index contributed by atoms with van der Waals surface area (Å²) in [6.45, 7) is 0.386. The minimum Gasteiger partial charge on any atom is -0.330 e. The number of pyridine rings is 1. The number of aromatic amines is 1. The van der Waals surface area contributed by atoms with Gasteiger partial charge in [-0.05, 0) is 24.7 Å². The van der Waals surface area contributed by atoms with Crippen molar-refractivity contribution in [2.24, 2.45) is 5.73 Å². The highest BCUT2D eigenvalue weighted by Crippen LogP contribution is 2.17. The van der Waals surface area contributed by atoms with Crippen LogP contribution in [0.3, 0.4) is 0 Å². The van der Waals surface area contributed by atoms with Gasteiger partial charge in [0.15, 0.2) is 5.65 Å². The molecule has 2 aromatic heterocycles. The van der Waals surface area contributed by atoms with Gasteiger partial charge in [0.1, 0.15) is 11.6 Å². The molecule has 0 atom stereocenters. The molecule has 5 nitrogen and oxygen atoms in total. The summed E-state index contributed by atoms with van der Waals surface area (Å²) in [5, 5.41) is 1.09. The number of benzene rings is 1. The summed E-state index contributed by atoms with van der Waals surface area (Å²) in [4.78, 5) is 23.1. The average Bonchev–Trinajstić information content (AvgIpc) is 2.37. The number of hydrogen-bond acceptors (Lipinski definition) is 4. The monoisotopic (exact) mass is 258 g/mol. The molecule has 0 aliphatic carbocycles. The van der Waals surface area contributed by atoms with E-state index >= 15 is 0 Å². The number of fused-ring (bicyclic) bond motifs is 2. The largest absolute Gasteiger partial charge is 0.330 e. The molecule has 0 fully saturated rings. The molecule has 2 heterocycles. The number of nitrogens with zero attached hydrogens (tertiary/aromatic N) is 2.